The third-order valence-corrected chi connectivity index (χ3v) is 6.45. The molecular formula is C29H37N3O5. The van der Waals surface area contributed by atoms with E-state index in [4.69, 9.17) is 14.5 Å². The lowest BCUT2D eigenvalue weighted by atomic mass is 10.0. The molecule has 8 heteroatoms. The van der Waals surface area contributed by atoms with Gasteiger partial charge in [-0.1, -0.05) is 74.5 Å². The molecule has 2 aliphatic heterocycles. The van der Waals surface area contributed by atoms with Crippen molar-refractivity contribution in [1.29, 1.82) is 0 Å². The van der Waals surface area contributed by atoms with Crippen molar-refractivity contribution in [3.8, 4) is 5.75 Å². The number of rotatable bonds is 12. The van der Waals surface area contributed by atoms with Gasteiger partial charge in [-0.05, 0) is 30.0 Å². The predicted octanol–water partition coefficient (Wildman–Crippen LogP) is 3.15. The van der Waals surface area contributed by atoms with E-state index in [1.807, 2.05) is 41.3 Å². The predicted molar refractivity (Wildman–Crippen MR) is 142 cm³/mol. The lowest BCUT2D eigenvalue weighted by Gasteiger charge is -2.36. The third-order valence-electron chi connectivity index (χ3n) is 6.45. The first-order chi connectivity index (χ1) is 18.0. The lowest BCUT2D eigenvalue weighted by Crippen LogP contribution is -2.55. The highest BCUT2D eigenvalue weighted by Crippen LogP contribution is 2.24. The van der Waals surface area contributed by atoms with Gasteiger partial charge < -0.3 is 19.8 Å². The van der Waals surface area contributed by atoms with Crippen LogP contribution in [0.2, 0.25) is 0 Å². The van der Waals surface area contributed by atoms with E-state index in [1.165, 1.54) is 5.56 Å². The Labute approximate surface area is 219 Å². The molecule has 0 aromatic heterocycles. The summed E-state index contributed by atoms with van der Waals surface area (Å²) in [7, 11) is 0. The average molecular weight is 508 g/mol. The molecular weight excluding hydrogens is 470 g/mol. The van der Waals surface area contributed by atoms with E-state index in [1.54, 1.807) is 12.1 Å². The number of nitrogens with zero attached hydrogens (tertiary/aromatic N) is 2. The molecule has 2 heterocycles. The number of carbonyl (C=O) groups is 2. The van der Waals surface area contributed by atoms with Crippen LogP contribution in [-0.4, -0.2) is 79.2 Å². The zero-order valence-corrected chi connectivity index (χ0v) is 21.6. The highest BCUT2D eigenvalue weighted by atomic mass is 17.2. The summed E-state index contributed by atoms with van der Waals surface area (Å²) in [5.74, 6) is 0.538. The second kappa shape index (κ2) is 13.4. The molecule has 2 unspecified atom stereocenters. The fourth-order valence-corrected chi connectivity index (χ4v) is 4.37. The molecule has 0 bridgehead atoms. The molecule has 2 aromatic rings. The summed E-state index contributed by atoms with van der Waals surface area (Å²) >= 11 is 0. The van der Waals surface area contributed by atoms with Crippen LogP contribution in [0.5, 0.6) is 5.75 Å². The minimum atomic E-state index is -0.630. The first kappa shape index (κ1) is 26.9. The van der Waals surface area contributed by atoms with Crippen molar-refractivity contribution in [2.75, 3.05) is 39.3 Å². The van der Waals surface area contributed by atoms with Crippen molar-refractivity contribution in [2.24, 2.45) is 5.92 Å². The number of nitrogens with one attached hydrogen (secondary N) is 1. The molecule has 3 atom stereocenters. The molecule has 2 saturated heterocycles. The minimum absolute atomic E-state index is 0.0256. The summed E-state index contributed by atoms with van der Waals surface area (Å²) in [6.45, 7) is 7.99. The summed E-state index contributed by atoms with van der Waals surface area (Å²) in [4.78, 5) is 40.7. The van der Waals surface area contributed by atoms with Gasteiger partial charge in [-0.3, -0.25) is 14.5 Å². The van der Waals surface area contributed by atoms with E-state index in [0.717, 1.165) is 19.6 Å². The summed E-state index contributed by atoms with van der Waals surface area (Å²) in [6.07, 6.45) is 3.85. The maximum atomic E-state index is 13.3. The van der Waals surface area contributed by atoms with Crippen molar-refractivity contribution in [1.82, 2.24) is 15.1 Å². The number of piperazine rings is 1. The molecule has 2 amide bonds. The van der Waals surface area contributed by atoms with Gasteiger partial charge in [0.2, 0.25) is 5.91 Å². The summed E-state index contributed by atoms with van der Waals surface area (Å²) in [6, 6.07) is 18.8. The lowest BCUT2D eigenvalue weighted by molar-refractivity contribution is -0.209. The van der Waals surface area contributed by atoms with Gasteiger partial charge in [0, 0.05) is 32.7 Å². The van der Waals surface area contributed by atoms with E-state index in [0.29, 0.717) is 25.3 Å². The molecule has 8 nitrogen and oxygen atoms in total. The quantitative estimate of drug-likeness (QED) is 0.270. The topological polar surface area (TPSA) is 83.6 Å². The molecule has 2 fully saturated rings. The second-order valence-electron chi connectivity index (χ2n) is 9.91. The monoisotopic (exact) mass is 507 g/mol. The van der Waals surface area contributed by atoms with E-state index in [-0.39, 0.29) is 30.4 Å². The molecule has 2 aromatic carbocycles. The Kier molecular flexibility index (Phi) is 9.71. The van der Waals surface area contributed by atoms with E-state index >= 15 is 0 Å². The average Bonchev–Trinajstić information content (AvgIpc) is 3.69. The Morgan fingerprint density at radius 2 is 1.70 bits per heavy atom. The van der Waals surface area contributed by atoms with E-state index in [2.05, 4.69) is 48.3 Å². The smallest absolute Gasteiger partial charge is 0.252 e. The van der Waals surface area contributed by atoms with Gasteiger partial charge in [-0.25, -0.2) is 0 Å². The first-order valence-corrected chi connectivity index (χ1v) is 13.0. The van der Waals surface area contributed by atoms with Crippen LogP contribution in [-0.2, 0) is 19.2 Å². The standard InChI is InChI=1S/C29H37N3O5/c1-22(2)20-25(30-28(33)27-26(36-27)21-35-37-24-13-7-4-8-14-24)29(34)32-18-16-31(17-19-32)15-9-12-23-10-5-3-6-11-23/h3-14,22,25-27H,15-21H2,1-2H3,(H,30,33)/t25-,26?,27?/m0/s1. The number of epoxide rings is 1. The number of hydrogen-bond acceptors (Lipinski definition) is 6. The number of carbonyl (C=O) groups excluding carboxylic acids is 2. The van der Waals surface area contributed by atoms with Crippen LogP contribution in [0.3, 0.4) is 0 Å². The molecule has 2 aliphatic rings. The molecule has 1 N–H and O–H groups in total. The van der Waals surface area contributed by atoms with Gasteiger partial charge in [0.1, 0.15) is 18.8 Å². The van der Waals surface area contributed by atoms with Crippen LogP contribution in [0.1, 0.15) is 25.8 Å². The first-order valence-electron chi connectivity index (χ1n) is 13.0. The van der Waals surface area contributed by atoms with E-state index in [9.17, 15) is 9.59 Å². The van der Waals surface area contributed by atoms with Crippen LogP contribution in [0.25, 0.3) is 6.08 Å². The number of amides is 2. The number of para-hydroxylation sites is 1. The van der Waals surface area contributed by atoms with Gasteiger partial charge in [-0.2, -0.15) is 4.89 Å². The van der Waals surface area contributed by atoms with Gasteiger partial charge in [0.15, 0.2) is 11.9 Å². The largest absolute Gasteiger partial charge is 0.356 e. The van der Waals surface area contributed by atoms with Gasteiger partial charge in [0.25, 0.3) is 5.91 Å². The van der Waals surface area contributed by atoms with Crippen LogP contribution in [0.4, 0.5) is 0 Å². The van der Waals surface area contributed by atoms with Gasteiger partial charge in [-0.15, -0.1) is 0 Å². The Hall–Kier alpha value is -3.20. The van der Waals surface area contributed by atoms with Crippen molar-refractivity contribution in [3.63, 3.8) is 0 Å². The zero-order chi connectivity index (χ0) is 26.0. The van der Waals surface area contributed by atoms with Gasteiger partial charge >= 0.3 is 0 Å². The molecule has 198 valence electrons. The second-order valence-corrected chi connectivity index (χ2v) is 9.91. The molecule has 0 saturated carbocycles. The summed E-state index contributed by atoms with van der Waals surface area (Å²) < 4.78 is 5.48. The van der Waals surface area contributed by atoms with Crippen molar-refractivity contribution in [3.05, 3.63) is 72.3 Å². The zero-order valence-electron chi connectivity index (χ0n) is 21.6. The SMILES string of the molecule is CC(C)C[C@H](NC(=O)C1OC1COOc1ccccc1)C(=O)N1CCN(CC=Cc2ccccc2)CC1. The van der Waals surface area contributed by atoms with Crippen molar-refractivity contribution in [2.45, 2.75) is 38.5 Å². The Morgan fingerprint density at radius 1 is 1.03 bits per heavy atom. The third kappa shape index (κ3) is 8.42. The molecule has 0 spiro atoms. The highest BCUT2D eigenvalue weighted by molar-refractivity contribution is 5.90. The number of ether oxygens (including phenoxy) is 1. The molecule has 0 radical (unpaired) electrons. The van der Waals surface area contributed by atoms with Crippen LogP contribution < -0.4 is 10.2 Å². The van der Waals surface area contributed by atoms with Crippen molar-refractivity contribution >= 4 is 17.9 Å². The Balaban J connectivity index is 1.20. The van der Waals surface area contributed by atoms with E-state index < -0.39 is 12.1 Å². The van der Waals surface area contributed by atoms with Crippen LogP contribution in [0.15, 0.2) is 66.7 Å². The highest BCUT2D eigenvalue weighted by Gasteiger charge is 2.47. The summed E-state index contributed by atoms with van der Waals surface area (Å²) in [5, 5.41) is 2.93. The van der Waals surface area contributed by atoms with Crippen molar-refractivity contribution < 1.29 is 24.1 Å². The maximum Gasteiger partial charge on any atom is 0.252 e. The van der Waals surface area contributed by atoms with Crippen LogP contribution >= 0.6 is 0 Å². The molecule has 0 aliphatic carbocycles. The maximum absolute atomic E-state index is 13.3. The fourth-order valence-electron chi connectivity index (χ4n) is 4.37. The molecule has 37 heavy (non-hydrogen) atoms. The van der Waals surface area contributed by atoms with Gasteiger partial charge in [0.05, 0.1) is 0 Å². The fraction of sp³-hybridized carbons (Fsp3) is 0.448. The Morgan fingerprint density at radius 3 is 2.38 bits per heavy atom. The van der Waals surface area contributed by atoms with Crippen LogP contribution in [0, 0.1) is 5.92 Å². The number of benzene rings is 2. The Bertz CT molecular complexity index is 1020. The number of hydrogen-bond donors (Lipinski definition) is 1. The summed E-state index contributed by atoms with van der Waals surface area (Å²) in [5.41, 5.74) is 1.18. The molecule has 4 rings (SSSR count). The normalized spacial score (nSPS) is 20.7. The minimum Gasteiger partial charge on any atom is -0.356 e.